The summed E-state index contributed by atoms with van der Waals surface area (Å²) in [4.78, 5) is 6.47. The number of alkyl halides is 3. The fourth-order valence-electron chi connectivity index (χ4n) is 1.32. The molecule has 1 aromatic carbocycles. The molecule has 0 unspecified atom stereocenters. The summed E-state index contributed by atoms with van der Waals surface area (Å²) in [5, 5.41) is -0.309. The molecule has 0 radical (unpaired) electrons. The van der Waals surface area contributed by atoms with Crippen molar-refractivity contribution >= 4 is 11.6 Å². The average molecular weight is 247 g/mol. The summed E-state index contributed by atoms with van der Waals surface area (Å²) < 4.78 is 37.7. The first-order chi connectivity index (χ1) is 7.48. The van der Waals surface area contributed by atoms with E-state index in [1.54, 1.807) is 0 Å². The van der Waals surface area contributed by atoms with Gasteiger partial charge in [0, 0.05) is 5.56 Å². The molecule has 1 aromatic heterocycles. The van der Waals surface area contributed by atoms with Crippen molar-refractivity contribution in [2.45, 2.75) is 6.18 Å². The first kappa shape index (κ1) is 11.0. The summed E-state index contributed by atoms with van der Waals surface area (Å²) in [5.74, 6) is 0. The van der Waals surface area contributed by atoms with E-state index in [0.29, 0.717) is 11.3 Å². The van der Waals surface area contributed by atoms with Crippen molar-refractivity contribution in [1.29, 1.82) is 0 Å². The highest BCUT2D eigenvalue weighted by atomic mass is 35.5. The number of benzene rings is 1. The molecule has 2 aromatic rings. The van der Waals surface area contributed by atoms with E-state index in [0.717, 1.165) is 6.07 Å². The van der Waals surface area contributed by atoms with Crippen LogP contribution in [0.4, 0.5) is 13.2 Å². The van der Waals surface area contributed by atoms with Gasteiger partial charge in [0.2, 0.25) is 0 Å². The molecule has 16 heavy (non-hydrogen) atoms. The minimum absolute atomic E-state index is 0.309. The van der Waals surface area contributed by atoms with Crippen molar-refractivity contribution in [3.63, 3.8) is 0 Å². The number of nitrogens with zero attached hydrogens (tertiary/aromatic N) is 1. The smallest absolute Gasteiger partial charge is 0.345 e. The molecule has 0 spiro atoms. The molecule has 0 aliphatic rings. The number of aromatic amines is 1. The topological polar surface area (TPSA) is 28.7 Å². The van der Waals surface area contributed by atoms with Gasteiger partial charge in [0.1, 0.15) is 0 Å². The Balaban J connectivity index is 2.52. The van der Waals surface area contributed by atoms with Gasteiger partial charge < -0.3 is 4.98 Å². The van der Waals surface area contributed by atoms with Crippen LogP contribution in [0.15, 0.2) is 30.7 Å². The van der Waals surface area contributed by atoms with Gasteiger partial charge in [0.25, 0.3) is 0 Å². The predicted octanol–water partition coefficient (Wildman–Crippen LogP) is 3.75. The minimum Gasteiger partial charge on any atom is -0.345 e. The van der Waals surface area contributed by atoms with Gasteiger partial charge in [-0.05, 0) is 12.1 Å². The van der Waals surface area contributed by atoms with Crippen molar-refractivity contribution in [2.75, 3.05) is 0 Å². The van der Waals surface area contributed by atoms with E-state index in [2.05, 4.69) is 9.97 Å². The molecule has 0 aliphatic heterocycles. The van der Waals surface area contributed by atoms with E-state index in [4.69, 9.17) is 11.6 Å². The average Bonchev–Trinajstić information content (AvgIpc) is 2.69. The molecule has 0 saturated heterocycles. The van der Waals surface area contributed by atoms with Crippen molar-refractivity contribution in [3.8, 4) is 11.3 Å². The third-order valence-electron chi connectivity index (χ3n) is 2.08. The number of aromatic nitrogens is 2. The zero-order valence-corrected chi connectivity index (χ0v) is 8.60. The molecule has 6 heteroatoms. The second-order valence-corrected chi connectivity index (χ2v) is 3.56. The summed E-state index contributed by atoms with van der Waals surface area (Å²) in [6.07, 6.45) is -1.60. The Labute approximate surface area is 94.1 Å². The summed E-state index contributed by atoms with van der Waals surface area (Å²) in [7, 11) is 0. The van der Waals surface area contributed by atoms with Crippen LogP contribution in [0.1, 0.15) is 5.56 Å². The summed E-state index contributed by atoms with van der Waals surface area (Å²) in [6, 6.07) is 3.72. The molecule has 2 rings (SSSR count). The van der Waals surface area contributed by atoms with Crippen LogP contribution in [0.3, 0.4) is 0 Å². The van der Waals surface area contributed by atoms with Gasteiger partial charge in [-0.1, -0.05) is 17.7 Å². The fraction of sp³-hybridized carbons (Fsp3) is 0.100. The standard InChI is InChI=1S/C10H6ClF3N2/c11-8-2-1-6(9-4-15-5-16-9)3-7(8)10(12,13)14/h1-5H,(H,15,16). The van der Waals surface area contributed by atoms with Crippen LogP contribution in [-0.2, 0) is 6.18 Å². The SMILES string of the molecule is FC(F)(F)c1cc(-c2cnc[nH]2)ccc1Cl. The van der Waals surface area contributed by atoms with Crippen molar-refractivity contribution in [1.82, 2.24) is 9.97 Å². The molecule has 0 aliphatic carbocycles. The zero-order valence-electron chi connectivity index (χ0n) is 7.85. The van der Waals surface area contributed by atoms with Crippen LogP contribution in [0, 0.1) is 0 Å². The Kier molecular flexibility index (Phi) is 2.63. The number of rotatable bonds is 1. The van der Waals surface area contributed by atoms with E-state index in [1.165, 1.54) is 24.7 Å². The quantitative estimate of drug-likeness (QED) is 0.816. The largest absolute Gasteiger partial charge is 0.417 e. The molecule has 2 nitrogen and oxygen atoms in total. The van der Waals surface area contributed by atoms with Crippen molar-refractivity contribution < 1.29 is 13.2 Å². The van der Waals surface area contributed by atoms with Gasteiger partial charge in [-0.2, -0.15) is 13.2 Å². The molecule has 0 atom stereocenters. The molecule has 84 valence electrons. The monoisotopic (exact) mass is 246 g/mol. The lowest BCUT2D eigenvalue weighted by atomic mass is 10.1. The van der Waals surface area contributed by atoms with Gasteiger partial charge in [0.15, 0.2) is 0 Å². The number of halogens is 4. The van der Waals surface area contributed by atoms with E-state index >= 15 is 0 Å². The zero-order chi connectivity index (χ0) is 11.8. The van der Waals surface area contributed by atoms with Gasteiger partial charge >= 0.3 is 6.18 Å². The Hall–Kier alpha value is -1.49. The van der Waals surface area contributed by atoms with E-state index < -0.39 is 11.7 Å². The lowest BCUT2D eigenvalue weighted by Crippen LogP contribution is -2.05. The van der Waals surface area contributed by atoms with Crippen LogP contribution in [0.2, 0.25) is 5.02 Å². The second-order valence-electron chi connectivity index (χ2n) is 3.16. The lowest BCUT2D eigenvalue weighted by molar-refractivity contribution is -0.137. The molecule has 0 bridgehead atoms. The van der Waals surface area contributed by atoms with E-state index in [-0.39, 0.29) is 5.02 Å². The van der Waals surface area contributed by atoms with E-state index in [1.807, 2.05) is 0 Å². The number of nitrogens with one attached hydrogen (secondary N) is 1. The van der Waals surface area contributed by atoms with Crippen LogP contribution >= 0.6 is 11.6 Å². The highest BCUT2D eigenvalue weighted by molar-refractivity contribution is 6.31. The Bertz CT molecular complexity index is 491. The van der Waals surface area contributed by atoms with Gasteiger partial charge in [-0.25, -0.2) is 4.98 Å². The normalized spacial score (nSPS) is 11.8. The Morgan fingerprint density at radius 3 is 2.56 bits per heavy atom. The van der Waals surface area contributed by atoms with Gasteiger partial charge in [-0.15, -0.1) is 0 Å². The highest BCUT2D eigenvalue weighted by Crippen LogP contribution is 2.36. The summed E-state index contributed by atoms with van der Waals surface area (Å²) in [5.41, 5.74) is 0.0673. The van der Waals surface area contributed by atoms with Crippen molar-refractivity contribution in [3.05, 3.63) is 41.3 Å². The second kappa shape index (κ2) is 3.83. The predicted molar refractivity (Wildman–Crippen MR) is 54.0 cm³/mol. The maximum atomic E-state index is 12.6. The fourth-order valence-corrected chi connectivity index (χ4v) is 1.55. The number of imidazole rings is 1. The highest BCUT2D eigenvalue weighted by Gasteiger charge is 2.33. The van der Waals surface area contributed by atoms with E-state index in [9.17, 15) is 13.2 Å². The Morgan fingerprint density at radius 1 is 1.25 bits per heavy atom. The third kappa shape index (κ3) is 2.04. The maximum absolute atomic E-state index is 12.6. The number of H-pyrrole nitrogens is 1. The number of hydrogen-bond acceptors (Lipinski definition) is 1. The summed E-state index contributed by atoms with van der Waals surface area (Å²) in [6.45, 7) is 0. The van der Waals surface area contributed by atoms with Gasteiger partial charge in [-0.3, -0.25) is 0 Å². The molecule has 0 amide bonds. The first-order valence-corrected chi connectivity index (χ1v) is 4.72. The first-order valence-electron chi connectivity index (χ1n) is 4.34. The lowest BCUT2D eigenvalue weighted by Gasteiger charge is -2.10. The molecule has 0 saturated carbocycles. The molecular formula is C10H6ClF3N2. The molecule has 1 N–H and O–H groups in total. The van der Waals surface area contributed by atoms with Crippen molar-refractivity contribution in [2.24, 2.45) is 0 Å². The minimum atomic E-state index is -4.45. The Morgan fingerprint density at radius 2 is 2.00 bits per heavy atom. The number of hydrogen-bond donors (Lipinski definition) is 1. The molecular weight excluding hydrogens is 241 g/mol. The molecule has 0 fully saturated rings. The third-order valence-corrected chi connectivity index (χ3v) is 2.41. The maximum Gasteiger partial charge on any atom is 0.417 e. The van der Waals surface area contributed by atoms with Crippen LogP contribution in [-0.4, -0.2) is 9.97 Å². The van der Waals surface area contributed by atoms with Crippen LogP contribution < -0.4 is 0 Å². The van der Waals surface area contributed by atoms with Gasteiger partial charge in [0.05, 0.1) is 28.8 Å². The van der Waals surface area contributed by atoms with Crippen LogP contribution in [0.25, 0.3) is 11.3 Å². The van der Waals surface area contributed by atoms with Crippen LogP contribution in [0.5, 0.6) is 0 Å². The summed E-state index contributed by atoms with van der Waals surface area (Å²) >= 11 is 5.50. The molecule has 1 heterocycles.